The molecule has 1 atom stereocenters. The summed E-state index contributed by atoms with van der Waals surface area (Å²) in [5, 5.41) is 2.92. The molecule has 2 aromatic rings. The summed E-state index contributed by atoms with van der Waals surface area (Å²) in [6.07, 6.45) is 0.112. The van der Waals surface area contributed by atoms with Gasteiger partial charge < -0.3 is 14.8 Å². The Morgan fingerprint density at radius 2 is 1.81 bits per heavy atom. The van der Waals surface area contributed by atoms with Gasteiger partial charge in [0.05, 0.1) is 5.54 Å². The van der Waals surface area contributed by atoms with Crippen molar-refractivity contribution in [3.63, 3.8) is 0 Å². The normalized spacial score (nSPS) is 12.7. The first-order valence-corrected chi connectivity index (χ1v) is 9.17. The van der Waals surface area contributed by atoms with E-state index in [0.717, 1.165) is 21.4 Å². The largest absolute Gasteiger partial charge is 0.491 e. The Labute approximate surface area is 163 Å². The number of hydrogen-bond donors (Lipinski definition) is 1. The molecule has 0 aliphatic carbocycles. The summed E-state index contributed by atoms with van der Waals surface area (Å²) in [6.45, 7) is 8.33. The molecule has 0 saturated heterocycles. The van der Waals surface area contributed by atoms with Crippen LogP contribution in [0.1, 0.15) is 25.8 Å². The molecular weight excluding hydrogens is 394 g/mol. The minimum Gasteiger partial charge on any atom is -0.491 e. The Bertz CT molecular complexity index is 731. The summed E-state index contributed by atoms with van der Waals surface area (Å²) >= 11 is 3.40. The molecule has 0 spiro atoms. The lowest BCUT2D eigenvalue weighted by molar-refractivity contribution is 0.115. The molecule has 138 valence electrons. The van der Waals surface area contributed by atoms with E-state index in [1.807, 2.05) is 68.4 Å². The van der Waals surface area contributed by atoms with Crippen molar-refractivity contribution in [2.75, 3.05) is 6.61 Å². The highest BCUT2D eigenvalue weighted by atomic mass is 79.9. The molecule has 0 saturated carbocycles. The van der Waals surface area contributed by atoms with Gasteiger partial charge in [-0.15, -0.1) is 6.58 Å². The van der Waals surface area contributed by atoms with Crippen molar-refractivity contribution in [3.05, 3.63) is 76.8 Å². The number of carbonyl (C=O) groups is 1. The third kappa shape index (κ3) is 6.92. The zero-order valence-corrected chi connectivity index (χ0v) is 16.7. The van der Waals surface area contributed by atoms with Gasteiger partial charge in [-0.1, -0.05) is 51.8 Å². The molecule has 2 rings (SSSR count). The molecule has 1 N–H and O–H groups in total. The highest BCUT2D eigenvalue weighted by Crippen LogP contribution is 2.21. The lowest BCUT2D eigenvalue weighted by atomic mass is 9.95. The van der Waals surface area contributed by atoms with Crippen LogP contribution in [0.3, 0.4) is 0 Å². The fraction of sp³-hybridized carbons (Fsp3) is 0.286. The highest BCUT2D eigenvalue weighted by molar-refractivity contribution is 9.10. The van der Waals surface area contributed by atoms with Gasteiger partial charge in [-0.25, -0.2) is 4.79 Å². The van der Waals surface area contributed by atoms with Crippen molar-refractivity contribution in [3.8, 4) is 5.75 Å². The second-order valence-corrected chi connectivity index (χ2v) is 7.54. The molecule has 0 radical (unpaired) electrons. The van der Waals surface area contributed by atoms with Crippen LogP contribution in [0.15, 0.2) is 71.2 Å². The minimum atomic E-state index is -0.618. The van der Waals surface area contributed by atoms with Gasteiger partial charge in [0.15, 0.2) is 0 Å². The molecule has 26 heavy (non-hydrogen) atoms. The number of hydrogen-bond acceptors (Lipinski definition) is 3. The molecule has 4 nitrogen and oxygen atoms in total. The predicted molar refractivity (Wildman–Crippen MR) is 107 cm³/mol. The molecule has 1 amide bonds. The molecule has 0 heterocycles. The second kappa shape index (κ2) is 9.43. The Morgan fingerprint density at radius 3 is 2.42 bits per heavy atom. The topological polar surface area (TPSA) is 47.6 Å². The molecule has 5 heteroatoms. The maximum Gasteiger partial charge on any atom is 0.408 e. The summed E-state index contributed by atoms with van der Waals surface area (Å²) in [5.74, 6) is 0.737. The first-order valence-electron chi connectivity index (χ1n) is 8.38. The fourth-order valence-corrected chi connectivity index (χ4v) is 2.84. The van der Waals surface area contributed by atoms with E-state index >= 15 is 0 Å². The van der Waals surface area contributed by atoms with E-state index in [9.17, 15) is 4.79 Å². The quantitative estimate of drug-likeness (QED) is 0.578. The summed E-state index contributed by atoms with van der Waals surface area (Å²) in [4.78, 5) is 12.2. The van der Waals surface area contributed by atoms with Gasteiger partial charge in [0, 0.05) is 4.47 Å². The number of alkyl carbamates (subject to hydrolysis) is 1. The molecule has 0 aliphatic heterocycles. The average molecular weight is 418 g/mol. The number of carbonyl (C=O) groups excluding carboxylic acids is 1. The van der Waals surface area contributed by atoms with Gasteiger partial charge in [0.1, 0.15) is 19.0 Å². The van der Waals surface area contributed by atoms with Crippen molar-refractivity contribution in [1.82, 2.24) is 5.32 Å². The van der Waals surface area contributed by atoms with E-state index in [4.69, 9.17) is 9.47 Å². The number of amides is 1. The Balaban J connectivity index is 1.94. The van der Waals surface area contributed by atoms with Gasteiger partial charge in [-0.3, -0.25) is 0 Å². The molecule has 2 aromatic carbocycles. The summed E-state index contributed by atoms with van der Waals surface area (Å²) < 4.78 is 12.2. The third-order valence-corrected chi connectivity index (χ3v) is 4.21. The monoisotopic (exact) mass is 417 g/mol. The standard InChI is InChI=1S/C21H24BrNO3/c1-16(2)13-21(3,15-26-19-11-9-18(22)10-12-19)23-20(24)25-14-17-7-5-4-6-8-17/h4-12H,1,13-15H2,2-3H3,(H,23,24)/t21-/m0/s1. The smallest absolute Gasteiger partial charge is 0.408 e. The minimum absolute atomic E-state index is 0.226. The SMILES string of the molecule is C=C(C)C[C@@](C)(COc1ccc(Br)cc1)NC(=O)OCc1ccccc1. The number of benzene rings is 2. The zero-order chi connectivity index (χ0) is 19.0. The molecule has 0 aliphatic rings. The van der Waals surface area contributed by atoms with Crippen LogP contribution in [-0.2, 0) is 11.3 Å². The lowest BCUT2D eigenvalue weighted by Gasteiger charge is -2.30. The van der Waals surface area contributed by atoms with E-state index < -0.39 is 11.6 Å². The van der Waals surface area contributed by atoms with Gasteiger partial charge >= 0.3 is 6.09 Å². The van der Waals surface area contributed by atoms with Crippen molar-refractivity contribution in [1.29, 1.82) is 0 Å². The van der Waals surface area contributed by atoms with Crippen LogP contribution in [0.5, 0.6) is 5.75 Å². The van der Waals surface area contributed by atoms with Crippen molar-refractivity contribution in [2.24, 2.45) is 0 Å². The van der Waals surface area contributed by atoms with E-state index in [1.54, 1.807) is 0 Å². The zero-order valence-electron chi connectivity index (χ0n) is 15.1. The van der Waals surface area contributed by atoms with Crippen molar-refractivity contribution >= 4 is 22.0 Å². The Kier molecular flexibility index (Phi) is 7.27. The van der Waals surface area contributed by atoms with Gasteiger partial charge in [0.2, 0.25) is 0 Å². The lowest BCUT2D eigenvalue weighted by Crippen LogP contribution is -2.50. The van der Waals surface area contributed by atoms with Crippen LogP contribution in [0.25, 0.3) is 0 Å². The average Bonchev–Trinajstić information content (AvgIpc) is 2.60. The summed E-state index contributed by atoms with van der Waals surface area (Å²) in [6, 6.07) is 17.1. The number of halogens is 1. The first kappa shape index (κ1) is 20.0. The van der Waals surface area contributed by atoms with Crippen LogP contribution in [0.2, 0.25) is 0 Å². The summed E-state index contributed by atoms with van der Waals surface area (Å²) in [7, 11) is 0. The molecule has 0 bridgehead atoms. The van der Waals surface area contributed by atoms with Crippen LogP contribution in [0, 0.1) is 0 Å². The van der Waals surface area contributed by atoms with E-state index in [0.29, 0.717) is 13.0 Å². The van der Waals surface area contributed by atoms with Crippen LogP contribution in [0.4, 0.5) is 4.79 Å². The predicted octanol–water partition coefficient (Wildman–Crippen LogP) is 5.48. The fourth-order valence-electron chi connectivity index (χ4n) is 2.58. The van der Waals surface area contributed by atoms with E-state index in [1.165, 1.54) is 0 Å². The molecule has 0 unspecified atom stereocenters. The Morgan fingerprint density at radius 1 is 1.15 bits per heavy atom. The number of nitrogens with one attached hydrogen (secondary N) is 1. The van der Waals surface area contributed by atoms with Gasteiger partial charge in [0.25, 0.3) is 0 Å². The van der Waals surface area contributed by atoms with Crippen molar-refractivity contribution < 1.29 is 14.3 Å². The molecular formula is C21H24BrNO3. The highest BCUT2D eigenvalue weighted by Gasteiger charge is 2.28. The third-order valence-electron chi connectivity index (χ3n) is 3.68. The maximum atomic E-state index is 12.2. The summed E-state index contributed by atoms with van der Waals surface area (Å²) in [5.41, 5.74) is 1.28. The van der Waals surface area contributed by atoms with Crippen molar-refractivity contribution in [2.45, 2.75) is 32.4 Å². The molecule has 0 aromatic heterocycles. The molecule has 0 fully saturated rings. The van der Waals surface area contributed by atoms with Gasteiger partial charge in [-0.2, -0.15) is 0 Å². The maximum absolute atomic E-state index is 12.2. The van der Waals surface area contributed by atoms with Gasteiger partial charge in [-0.05, 0) is 50.1 Å². The van der Waals surface area contributed by atoms with Crippen LogP contribution < -0.4 is 10.1 Å². The van der Waals surface area contributed by atoms with Crippen LogP contribution in [-0.4, -0.2) is 18.2 Å². The second-order valence-electron chi connectivity index (χ2n) is 6.62. The van der Waals surface area contributed by atoms with E-state index in [-0.39, 0.29) is 6.61 Å². The first-order chi connectivity index (χ1) is 12.4. The van der Waals surface area contributed by atoms with E-state index in [2.05, 4.69) is 27.8 Å². The number of rotatable bonds is 8. The van der Waals surface area contributed by atoms with Crippen LogP contribution >= 0.6 is 15.9 Å². The Hall–Kier alpha value is -2.27. The number of ether oxygens (including phenoxy) is 2.